The summed E-state index contributed by atoms with van der Waals surface area (Å²) in [5, 5.41) is 9.34. The topological polar surface area (TPSA) is 28.7 Å². The van der Waals surface area contributed by atoms with Crippen LogP contribution in [0, 0.1) is 0 Å². The normalized spacial score (nSPS) is 10.5. The molecule has 5 heteroatoms. The van der Waals surface area contributed by atoms with Gasteiger partial charge in [-0.3, -0.25) is 5.10 Å². The maximum Gasteiger partial charge on any atom is 0.0760 e. The fraction of sp³-hybridized carbons (Fsp3) is 0.316. The molecule has 3 rings (SSSR count). The molecule has 0 bridgehead atoms. The number of halogens is 3. The molecule has 0 unspecified atom stereocenters. The van der Waals surface area contributed by atoms with Crippen LogP contribution in [0.3, 0.4) is 0 Å². The minimum atomic E-state index is 0.555. The number of benzene rings is 2. The molecule has 0 saturated heterocycles. The summed E-state index contributed by atoms with van der Waals surface area (Å²) in [5.74, 6) is 0.827. The van der Waals surface area contributed by atoms with Gasteiger partial charge in [-0.25, -0.2) is 0 Å². The van der Waals surface area contributed by atoms with Crippen molar-refractivity contribution in [1.82, 2.24) is 10.2 Å². The second kappa shape index (κ2) is 9.93. The van der Waals surface area contributed by atoms with Crippen molar-refractivity contribution >= 4 is 45.7 Å². The molecule has 1 aromatic heterocycles. The van der Waals surface area contributed by atoms with Crippen LogP contribution in [0.4, 0.5) is 0 Å². The molecule has 3 aromatic rings. The standard InChI is InChI=1S/C14H10Cl2N2.C5H11Cl/c15-10-6-7-11-13(14(10)16)12(18-17-11)8-9-4-2-1-3-5-9;1-2-3-4-5-6/h1-7H,8H2,(H,17,18);2-5H2,1H3. The minimum absolute atomic E-state index is 0.555. The van der Waals surface area contributed by atoms with Crippen LogP contribution in [0.5, 0.6) is 0 Å². The first kappa shape index (κ1) is 19.1. The van der Waals surface area contributed by atoms with E-state index in [0.29, 0.717) is 10.0 Å². The summed E-state index contributed by atoms with van der Waals surface area (Å²) in [7, 11) is 0. The number of alkyl halides is 1. The Morgan fingerprint density at radius 1 is 1.00 bits per heavy atom. The lowest BCUT2D eigenvalue weighted by molar-refractivity contribution is 0.776. The largest absolute Gasteiger partial charge is 0.277 e. The average Bonchev–Trinajstić information content (AvgIpc) is 3.01. The van der Waals surface area contributed by atoms with Gasteiger partial charge in [0.05, 0.1) is 21.3 Å². The van der Waals surface area contributed by atoms with Crippen LogP contribution >= 0.6 is 34.8 Å². The molecule has 0 aliphatic rings. The van der Waals surface area contributed by atoms with Gasteiger partial charge in [0.1, 0.15) is 0 Å². The molecular weight excluding hydrogens is 363 g/mol. The Kier molecular flexibility index (Phi) is 7.90. The Morgan fingerprint density at radius 2 is 1.75 bits per heavy atom. The predicted octanol–water partition coefficient (Wildman–Crippen LogP) is 6.88. The fourth-order valence-electron chi connectivity index (χ4n) is 2.37. The monoisotopic (exact) mass is 382 g/mol. The zero-order valence-corrected chi connectivity index (χ0v) is 15.9. The van der Waals surface area contributed by atoms with Gasteiger partial charge in [0, 0.05) is 17.7 Å². The summed E-state index contributed by atoms with van der Waals surface area (Å²) >= 11 is 17.7. The highest BCUT2D eigenvalue weighted by molar-refractivity contribution is 6.45. The number of nitrogens with zero attached hydrogens (tertiary/aromatic N) is 1. The number of fused-ring (bicyclic) bond motifs is 1. The molecule has 0 aliphatic carbocycles. The van der Waals surface area contributed by atoms with Crippen molar-refractivity contribution in [3.8, 4) is 0 Å². The van der Waals surface area contributed by atoms with Crippen LogP contribution in [0.15, 0.2) is 42.5 Å². The second-order valence-corrected chi connectivity index (χ2v) is 6.68. The van der Waals surface area contributed by atoms with E-state index in [1.807, 2.05) is 24.3 Å². The average molecular weight is 384 g/mol. The zero-order valence-electron chi connectivity index (χ0n) is 13.7. The summed E-state index contributed by atoms with van der Waals surface area (Å²) in [5.41, 5.74) is 3.03. The van der Waals surface area contributed by atoms with Gasteiger partial charge < -0.3 is 0 Å². The smallest absolute Gasteiger partial charge is 0.0760 e. The summed E-state index contributed by atoms with van der Waals surface area (Å²) in [6.45, 7) is 2.17. The molecule has 0 aliphatic heterocycles. The summed E-state index contributed by atoms with van der Waals surface area (Å²) in [6, 6.07) is 13.8. The first-order valence-electron chi connectivity index (χ1n) is 8.08. The van der Waals surface area contributed by atoms with E-state index in [-0.39, 0.29) is 0 Å². The van der Waals surface area contributed by atoms with Crippen molar-refractivity contribution in [3.05, 3.63) is 63.8 Å². The maximum absolute atomic E-state index is 6.25. The summed E-state index contributed by atoms with van der Waals surface area (Å²) in [6.07, 6.45) is 4.47. The summed E-state index contributed by atoms with van der Waals surface area (Å²) < 4.78 is 0. The molecule has 0 amide bonds. The molecule has 0 saturated carbocycles. The van der Waals surface area contributed by atoms with Crippen molar-refractivity contribution < 1.29 is 0 Å². The maximum atomic E-state index is 6.25. The SMILES string of the molecule is CCCCCCl.Clc1ccc2[nH]nc(Cc3ccccc3)c2c1Cl. The van der Waals surface area contributed by atoms with Gasteiger partial charge in [-0.1, -0.05) is 73.3 Å². The van der Waals surface area contributed by atoms with Crippen LogP contribution in [0.25, 0.3) is 10.9 Å². The molecule has 0 atom stereocenters. The molecule has 1 heterocycles. The van der Waals surface area contributed by atoms with E-state index in [2.05, 4.69) is 29.3 Å². The van der Waals surface area contributed by atoms with Gasteiger partial charge in [0.25, 0.3) is 0 Å². The molecule has 0 fully saturated rings. The molecule has 1 N–H and O–H groups in total. The van der Waals surface area contributed by atoms with Crippen LogP contribution in [0.1, 0.15) is 37.4 Å². The van der Waals surface area contributed by atoms with E-state index < -0.39 is 0 Å². The number of hydrogen-bond acceptors (Lipinski definition) is 1. The van der Waals surface area contributed by atoms with Crippen LogP contribution in [-0.4, -0.2) is 16.1 Å². The first-order valence-corrected chi connectivity index (χ1v) is 9.37. The van der Waals surface area contributed by atoms with Crippen molar-refractivity contribution in [2.45, 2.75) is 32.6 Å². The molecule has 0 spiro atoms. The van der Waals surface area contributed by atoms with E-state index in [0.717, 1.165) is 28.9 Å². The highest BCUT2D eigenvalue weighted by Crippen LogP contribution is 2.32. The van der Waals surface area contributed by atoms with Crippen molar-refractivity contribution in [2.75, 3.05) is 5.88 Å². The number of unbranched alkanes of at least 4 members (excludes halogenated alkanes) is 2. The molecule has 0 radical (unpaired) electrons. The molecule has 128 valence electrons. The van der Waals surface area contributed by atoms with Crippen molar-refractivity contribution in [1.29, 1.82) is 0 Å². The highest BCUT2D eigenvalue weighted by Gasteiger charge is 2.12. The molecule has 24 heavy (non-hydrogen) atoms. The van der Waals surface area contributed by atoms with Gasteiger partial charge >= 0.3 is 0 Å². The Bertz CT molecular complexity index is 750. The van der Waals surface area contributed by atoms with Gasteiger partial charge in [-0.15, -0.1) is 11.6 Å². The van der Waals surface area contributed by atoms with Gasteiger partial charge in [-0.05, 0) is 24.1 Å². The highest BCUT2D eigenvalue weighted by atomic mass is 35.5. The zero-order chi connectivity index (χ0) is 17.4. The molecule has 2 aromatic carbocycles. The fourth-order valence-corrected chi connectivity index (χ4v) is 2.99. The van der Waals surface area contributed by atoms with Crippen molar-refractivity contribution in [2.24, 2.45) is 0 Å². The first-order chi connectivity index (χ1) is 11.7. The van der Waals surface area contributed by atoms with E-state index in [1.54, 1.807) is 6.07 Å². The quantitative estimate of drug-likeness (QED) is 0.377. The number of aromatic nitrogens is 2. The van der Waals surface area contributed by atoms with E-state index in [1.165, 1.54) is 24.8 Å². The lowest BCUT2D eigenvalue weighted by atomic mass is 10.1. The number of aromatic amines is 1. The number of hydrogen-bond donors (Lipinski definition) is 1. The Morgan fingerprint density at radius 3 is 2.38 bits per heavy atom. The second-order valence-electron chi connectivity index (χ2n) is 5.51. The van der Waals surface area contributed by atoms with Gasteiger partial charge in [0.15, 0.2) is 0 Å². The minimum Gasteiger partial charge on any atom is -0.277 e. The Labute approximate surface area is 158 Å². The predicted molar refractivity (Wildman–Crippen MR) is 106 cm³/mol. The summed E-state index contributed by atoms with van der Waals surface area (Å²) in [4.78, 5) is 0. The molecule has 2 nitrogen and oxygen atoms in total. The lowest BCUT2D eigenvalue weighted by Gasteiger charge is -2.01. The third kappa shape index (κ3) is 5.14. The number of H-pyrrole nitrogens is 1. The van der Waals surface area contributed by atoms with Crippen LogP contribution in [-0.2, 0) is 6.42 Å². The van der Waals surface area contributed by atoms with E-state index >= 15 is 0 Å². The van der Waals surface area contributed by atoms with E-state index in [4.69, 9.17) is 34.8 Å². The van der Waals surface area contributed by atoms with Crippen LogP contribution < -0.4 is 0 Å². The Balaban J connectivity index is 0.000000301. The van der Waals surface area contributed by atoms with E-state index in [9.17, 15) is 0 Å². The van der Waals surface area contributed by atoms with Gasteiger partial charge in [-0.2, -0.15) is 5.10 Å². The van der Waals surface area contributed by atoms with Gasteiger partial charge in [0.2, 0.25) is 0 Å². The third-order valence-corrected chi connectivity index (χ3v) is 4.72. The Hall–Kier alpha value is -1.22. The van der Waals surface area contributed by atoms with Crippen LogP contribution in [0.2, 0.25) is 10.0 Å². The third-order valence-electron chi connectivity index (χ3n) is 3.65. The number of nitrogens with one attached hydrogen (secondary N) is 1. The molecular formula is C19H21Cl3N2. The van der Waals surface area contributed by atoms with Crippen molar-refractivity contribution in [3.63, 3.8) is 0 Å². The lowest BCUT2D eigenvalue weighted by Crippen LogP contribution is -1.89. The number of rotatable bonds is 5.